The molecule has 0 bridgehead atoms. The van der Waals surface area contributed by atoms with Crippen LogP contribution in [-0.4, -0.2) is 26.9 Å². The van der Waals surface area contributed by atoms with Gasteiger partial charge in [0.25, 0.3) is 5.56 Å². The van der Waals surface area contributed by atoms with Crippen LogP contribution in [0.1, 0.15) is 11.1 Å². The van der Waals surface area contributed by atoms with Crippen molar-refractivity contribution in [1.29, 1.82) is 5.26 Å². The maximum absolute atomic E-state index is 12.8. The predicted octanol–water partition coefficient (Wildman–Crippen LogP) is 3.49. The normalized spacial score (nSPS) is 10.5. The van der Waals surface area contributed by atoms with E-state index in [1.54, 1.807) is 30.3 Å². The fourth-order valence-corrected chi connectivity index (χ4v) is 3.36. The number of nitriles is 1. The molecule has 2 aromatic carbocycles. The third kappa shape index (κ3) is 4.20. The number of anilines is 2. The maximum atomic E-state index is 12.8. The molecular weight excluding hydrogens is 458 g/mol. The molecule has 0 saturated heterocycles. The van der Waals surface area contributed by atoms with E-state index in [2.05, 4.69) is 15.1 Å². The van der Waals surface area contributed by atoms with Crippen molar-refractivity contribution in [3.8, 4) is 40.3 Å². The van der Waals surface area contributed by atoms with Gasteiger partial charge in [-0.2, -0.15) is 20.0 Å². The van der Waals surface area contributed by atoms with Gasteiger partial charge < -0.3 is 20.9 Å². The number of aromatic nitrogens is 4. The lowest BCUT2D eigenvalue weighted by molar-refractivity contribution is 0.378. The van der Waals surface area contributed by atoms with Crippen LogP contribution in [0.25, 0.3) is 16.9 Å². The van der Waals surface area contributed by atoms with Gasteiger partial charge in [0.05, 0.1) is 24.7 Å². The summed E-state index contributed by atoms with van der Waals surface area (Å²) in [7, 11) is 1.44. The quantitative estimate of drug-likeness (QED) is 0.441. The summed E-state index contributed by atoms with van der Waals surface area (Å²) in [5.41, 5.74) is 13.4. The van der Waals surface area contributed by atoms with Crippen LogP contribution in [0.5, 0.6) is 17.2 Å². The molecule has 10 nitrogen and oxygen atoms in total. The van der Waals surface area contributed by atoms with Gasteiger partial charge in [0, 0.05) is 5.56 Å². The Bertz CT molecular complexity index is 1490. The van der Waals surface area contributed by atoms with E-state index in [1.807, 2.05) is 25.1 Å². The summed E-state index contributed by atoms with van der Waals surface area (Å²) in [6.07, 6.45) is 1.34. The molecule has 0 spiro atoms. The van der Waals surface area contributed by atoms with E-state index in [0.717, 1.165) is 5.56 Å². The molecular formula is C23H18ClN7O3. The summed E-state index contributed by atoms with van der Waals surface area (Å²) in [6, 6.07) is 14.0. The van der Waals surface area contributed by atoms with Crippen LogP contribution in [0.2, 0.25) is 5.02 Å². The van der Waals surface area contributed by atoms with Gasteiger partial charge >= 0.3 is 0 Å². The van der Waals surface area contributed by atoms with Crippen molar-refractivity contribution in [2.24, 2.45) is 0 Å². The molecule has 0 aliphatic heterocycles. The Morgan fingerprint density at radius 1 is 1.06 bits per heavy atom. The van der Waals surface area contributed by atoms with Gasteiger partial charge in [-0.1, -0.05) is 29.3 Å². The topological polar surface area (TPSA) is 155 Å². The number of nitrogen functional groups attached to an aromatic ring is 2. The first kappa shape index (κ1) is 22.6. The number of aryl methyl sites for hydroxylation is 1. The summed E-state index contributed by atoms with van der Waals surface area (Å²) >= 11 is 6.31. The lowest BCUT2D eigenvalue weighted by Gasteiger charge is -2.14. The summed E-state index contributed by atoms with van der Waals surface area (Å²) in [4.78, 5) is 20.7. The predicted molar refractivity (Wildman–Crippen MR) is 127 cm³/mol. The Morgan fingerprint density at radius 2 is 1.79 bits per heavy atom. The molecule has 2 aromatic heterocycles. The lowest BCUT2D eigenvalue weighted by atomic mass is 10.1. The van der Waals surface area contributed by atoms with Crippen LogP contribution >= 0.6 is 11.6 Å². The van der Waals surface area contributed by atoms with Gasteiger partial charge in [-0.25, -0.2) is 4.98 Å². The van der Waals surface area contributed by atoms with Crippen LogP contribution in [0.15, 0.2) is 53.5 Å². The summed E-state index contributed by atoms with van der Waals surface area (Å²) in [6.45, 7) is 1.94. The number of methoxy groups -OCH3 is 1. The number of hydrogen-bond donors (Lipinski definition) is 2. The van der Waals surface area contributed by atoms with E-state index < -0.39 is 5.56 Å². The van der Waals surface area contributed by atoms with Gasteiger partial charge in [-0.15, -0.1) is 0 Å². The number of halogens is 1. The highest BCUT2D eigenvalue weighted by molar-refractivity contribution is 6.31. The van der Waals surface area contributed by atoms with Crippen molar-refractivity contribution in [2.45, 2.75) is 6.92 Å². The fourth-order valence-electron chi connectivity index (χ4n) is 3.19. The second-order valence-electron chi connectivity index (χ2n) is 7.15. The molecule has 4 N–H and O–H groups in total. The number of benzene rings is 2. The largest absolute Gasteiger partial charge is 0.493 e. The zero-order chi connectivity index (χ0) is 24.4. The second-order valence-corrected chi connectivity index (χ2v) is 7.52. The SMILES string of the molecule is COc1cc(-c2nc(N)nc(N)c2C#N)ccc1Oc1cnn(-c2ccc(C)cc2)c(=O)c1Cl. The third-order valence-corrected chi connectivity index (χ3v) is 5.24. The van der Waals surface area contributed by atoms with Crippen LogP contribution in [0, 0.1) is 18.3 Å². The van der Waals surface area contributed by atoms with Crippen LogP contribution in [0.4, 0.5) is 11.8 Å². The van der Waals surface area contributed by atoms with Gasteiger partial charge in [0.15, 0.2) is 22.3 Å². The molecule has 0 atom stereocenters. The highest BCUT2D eigenvalue weighted by Crippen LogP contribution is 2.37. The van der Waals surface area contributed by atoms with Crippen molar-refractivity contribution in [3.63, 3.8) is 0 Å². The molecule has 0 unspecified atom stereocenters. The molecule has 170 valence electrons. The van der Waals surface area contributed by atoms with Crippen molar-refractivity contribution in [2.75, 3.05) is 18.6 Å². The molecule has 0 saturated carbocycles. The summed E-state index contributed by atoms with van der Waals surface area (Å²) < 4.78 is 12.4. The second kappa shape index (κ2) is 9.09. The monoisotopic (exact) mass is 475 g/mol. The first-order valence-electron chi connectivity index (χ1n) is 9.86. The highest BCUT2D eigenvalue weighted by atomic mass is 35.5. The molecule has 4 aromatic rings. The van der Waals surface area contributed by atoms with Crippen LogP contribution in [-0.2, 0) is 0 Å². The smallest absolute Gasteiger partial charge is 0.294 e. The van der Waals surface area contributed by atoms with E-state index >= 15 is 0 Å². The molecule has 4 rings (SSSR count). The van der Waals surface area contributed by atoms with E-state index in [4.69, 9.17) is 32.5 Å². The molecule has 2 heterocycles. The van der Waals surface area contributed by atoms with Crippen molar-refractivity contribution in [3.05, 3.63) is 75.2 Å². The van der Waals surface area contributed by atoms with Crippen LogP contribution in [0.3, 0.4) is 0 Å². The third-order valence-electron chi connectivity index (χ3n) is 4.89. The van der Waals surface area contributed by atoms with Gasteiger partial charge in [-0.3, -0.25) is 4.79 Å². The number of nitrogens with zero attached hydrogens (tertiary/aromatic N) is 5. The van der Waals surface area contributed by atoms with Gasteiger partial charge in [0.2, 0.25) is 5.95 Å². The first-order chi connectivity index (χ1) is 16.3. The molecule has 0 radical (unpaired) electrons. The van der Waals surface area contributed by atoms with E-state index in [9.17, 15) is 10.1 Å². The number of rotatable bonds is 5. The highest BCUT2D eigenvalue weighted by Gasteiger charge is 2.18. The zero-order valence-corrected chi connectivity index (χ0v) is 18.9. The van der Waals surface area contributed by atoms with Crippen molar-refractivity contribution in [1.82, 2.24) is 19.7 Å². The van der Waals surface area contributed by atoms with Gasteiger partial charge in [-0.05, 0) is 37.3 Å². The Balaban J connectivity index is 1.71. The summed E-state index contributed by atoms with van der Waals surface area (Å²) in [5.74, 6) is 0.496. The fraction of sp³-hybridized carbons (Fsp3) is 0.0870. The average molecular weight is 476 g/mol. The number of hydrogen-bond acceptors (Lipinski definition) is 9. The minimum absolute atomic E-state index is 0.0312. The Kier molecular flexibility index (Phi) is 6.03. The minimum atomic E-state index is -0.538. The number of nitrogens with two attached hydrogens (primary N) is 2. The van der Waals surface area contributed by atoms with E-state index in [-0.39, 0.29) is 45.3 Å². The average Bonchev–Trinajstić information content (AvgIpc) is 2.82. The number of ether oxygens (including phenoxy) is 2. The molecule has 11 heteroatoms. The standard InChI is InChI=1S/C23H18ClN7O3/c1-12-3-6-14(7-4-12)31-22(32)19(24)18(11-28-31)34-16-8-5-13(9-17(16)33-2)20-15(10-25)21(26)30-23(27)29-20/h3-9,11H,1-2H3,(H4,26,27,29,30). The zero-order valence-electron chi connectivity index (χ0n) is 18.1. The first-order valence-corrected chi connectivity index (χ1v) is 10.2. The molecule has 0 aliphatic carbocycles. The Hall–Kier alpha value is -4.62. The maximum Gasteiger partial charge on any atom is 0.294 e. The summed E-state index contributed by atoms with van der Waals surface area (Å²) in [5, 5.41) is 13.5. The molecule has 0 amide bonds. The molecule has 0 fully saturated rings. The van der Waals surface area contributed by atoms with Crippen molar-refractivity contribution >= 4 is 23.4 Å². The van der Waals surface area contributed by atoms with E-state index in [1.165, 1.54) is 18.0 Å². The minimum Gasteiger partial charge on any atom is -0.493 e. The molecule has 0 aliphatic rings. The Morgan fingerprint density at radius 3 is 2.47 bits per heavy atom. The van der Waals surface area contributed by atoms with E-state index in [0.29, 0.717) is 11.3 Å². The van der Waals surface area contributed by atoms with Gasteiger partial charge in [0.1, 0.15) is 17.5 Å². The van der Waals surface area contributed by atoms with Crippen molar-refractivity contribution < 1.29 is 9.47 Å². The Labute approximate surface area is 199 Å². The lowest BCUT2D eigenvalue weighted by Crippen LogP contribution is -2.21. The molecule has 34 heavy (non-hydrogen) atoms. The van der Waals surface area contributed by atoms with Crippen LogP contribution < -0.4 is 26.5 Å².